The first-order chi connectivity index (χ1) is 14.2. The number of amides is 2. The number of benzene rings is 2. The number of nitrogens with one attached hydrogen (secondary N) is 3. The van der Waals surface area contributed by atoms with Gasteiger partial charge in [-0.3, -0.25) is 9.59 Å². The zero-order valence-corrected chi connectivity index (χ0v) is 16.0. The Morgan fingerprint density at radius 3 is 2.30 bits per heavy atom. The monoisotopic (exact) mass is 423 g/mol. The molecule has 0 saturated carbocycles. The Labute approximate surface area is 170 Å². The number of hydrogen-bond donors (Lipinski definition) is 3. The molecule has 0 atom stereocenters. The summed E-state index contributed by atoms with van der Waals surface area (Å²) in [5.74, 6) is -1.84. The van der Waals surface area contributed by atoms with Gasteiger partial charge in [0.05, 0.1) is 24.4 Å². The third-order valence-corrected chi connectivity index (χ3v) is 3.75. The zero-order valence-electron chi connectivity index (χ0n) is 16.0. The Balaban J connectivity index is 1.90. The van der Waals surface area contributed by atoms with Gasteiger partial charge in [-0.2, -0.15) is 13.2 Å². The molecule has 10 heteroatoms. The minimum absolute atomic E-state index is 0.0533. The average Bonchev–Trinajstić information content (AvgIpc) is 2.71. The third kappa shape index (κ3) is 7.12. The van der Waals surface area contributed by atoms with Crippen molar-refractivity contribution in [2.24, 2.45) is 0 Å². The SMILES string of the molecule is CCOC(=O)c1ccccc1NC(=O)CNc1ccc(C(=O)NCC(F)(F)F)cc1. The summed E-state index contributed by atoms with van der Waals surface area (Å²) < 4.78 is 41.4. The maximum atomic E-state index is 12.2. The lowest BCUT2D eigenvalue weighted by Crippen LogP contribution is -2.33. The summed E-state index contributed by atoms with van der Waals surface area (Å²) in [5.41, 5.74) is 1.06. The lowest BCUT2D eigenvalue weighted by Gasteiger charge is -2.12. The Morgan fingerprint density at radius 2 is 1.67 bits per heavy atom. The fourth-order valence-electron chi connectivity index (χ4n) is 2.38. The molecular weight excluding hydrogens is 403 g/mol. The van der Waals surface area contributed by atoms with E-state index in [4.69, 9.17) is 4.74 Å². The van der Waals surface area contributed by atoms with Gasteiger partial charge in [-0.15, -0.1) is 0 Å². The van der Waals surface area contributed by atoms with Gasteiger partial charge in [-0.1, -0.05) is 12.1 Å². The molecule has 160 valence electrons. The van der Waals surface area contributed by atoms with Gasteiger partial charge in [0, 0.05) is 11.3 Å². The summed E-state index contributed by atoms with van der Waals surface area (Å²) in [6, 6.07) is 12.0. The van der Waals surface area contributed by atoms with Crippen molar-refractivity contribution < 1.29 is 32.3 Å². The van der Waals surface area contributed by atoms with E-state index in [9.17, 15) is 27.6 Å². The zero-order chi connectivity index (χ0) is 22.1. The van der Waals surface area contributed by atoms with Crippen LogP contribution in [0, 0.1) is 0 Å². The van der Waals surface area contributed by atoms with Gasteiger partial charge in [-0.25, -0.2) is 4.79 Å². The number of carbonyl (C=O) groups excluding carboxylic acids is 3. The number of para-hydroxylation sites is 1. The molecule has 2 amide bonds. The van der Waals surface area contributed by atoms with Crippen LogP contribution in [0.15, 0.2) is 48.5 Å². The second-order valence-electron chi connectivity index (χ2n) is 6.04. The van der Waals surface area contributed by atoms with E-state index in [2.05, 4.69) is 10.6 Å². The highest BCUT2D eigenvalue weighted by molar-refractivity contribution is 6.02. The second-order valence-corrected chi connectivity index (χ2v) is 6.04. The van der Waals surface area contributed by atoms with Crippen molar-refractivity contribution in [3.05, 3.63) is 59.7 Å². The fraction of sp³-hybridized carbons (Fsp3) is 0.250. The second kappa shape index (κ2) is 10.3. The van der Waals surface area contributed by atoms with E-state index in [1.807, 2.05) is 0 Å². The summed E-state index contributed by atoms with van der Waals surface area (Å²) in [6.45, 7) is 0.317. The van der Waals surface area contributed by atoms with Crippen molar-refractivity contribution in [1.29, 1.82) is 0 Å². The molecule has 30 heavy (non-hydrogen) atoms. The van der Waals surface area contributed by atoms with Gasteiger partial charge in [0.2, 0.25) is 5.91 Å². The summed E-state index contributed by atoms with van der Waals surface area (Å²) >= 11 is 0. The third-order valence-electron chi connectivity index (χ3n) is 3.75. The molecule has 0 saturated heterocycles. The van der Waals surface area contributed by atoms with Gasteiger partial charge in [-0.05, 0) is 43.3 Å². The first kappa shape index (κ1) is 22.7. The molecule has 0 unspecified atom stereocenters. The molecule has 0 fully saturated rings. The molecule has 0 aromatic heterocycles. The standard InChI is InChI=1S/C20H20F3N3O4/c1-2-30-19(29)15-5-3-4-6-16(15)26-17(27)11-24-14-9-7-13(8-10-14)18(28)25-12-20(21,22)23/h3-10,24H,2,11-12H2,1H3,(H,25,28)(H,26,27). The van der Waals surface area contributed by atoms with E-state index in [-0.39, 0.29) is 24.3 Å². The van der Waals surface area contributed by atoms with E-state index in [0.29, 0.717) is 11.4 Å². The van der Waals surface area contributed by atoms with Gasteiger partial charge in [0.1, 0.15) is 6.54 Å². The van der Waals surface area contributed by atoms with Gasteiger partial charge in [0.25, 0.3) is 5.91 Å². The van der Waals surface area contributed by atoms with Crippen LogP contribution < -0.4 is 16.0 Å². The molecular formula is C20H20F3N3O4. The highest BCUT2D eigenvalue weighted by Gasteiger charge is 2.27. The van der Waals surface area contributed by atoms with Crippen LogP contribution in [0.1, 0.15) is 27.6 Å². The lowest BCUT2D eigenvalue weighted by molar-refractivity contribution is -0.123. The average molecular weight is 423 g/mol. The molecule has 0 aliphatic carbocycles. The van der Waals surface area contributed by atoms with Crippen LogP contribution in [0.4, 0.5) is 24.5 Å². The van der Waals surface area contributed by atoms with Crippen molar-refractivity contribution in [2.45, 2.75) is 13.1 Å². The van der Waals surface area contributed by atoms with E-state index < -0.39 is 30.5 Å². The number of anilines is 2. The van der Waals surface area contributed by atoms with Gasteiger partial charge < -0.3 is 20.7 Å². The number of ether oxygens (including phenoxy) is 1. The topological polar surface area (TPSA) is 96.5 Å². The predicted octanol–water partition coefficient (Wildman–Crippen LogP) is 3.21. The van der Waals surface area contributed by atoms with Crippen molar-refractivity contribution in [3.63, 3.8) is 0 Å². The summed E-state index contributed by atoms with van der Waals surface area (Å²) in [6.07, 6.45) is -4.49. The van der Waals surface area contributed by atoms with Crippen molar-refractivity contribution >= 4 is 29.2 Å². The molecule has 0 aliphatic heterocycles. The molecule has 2 aromatic rings. The number of halogens is 3. The number of hydrogen-bond acceptors (Lipinski definition) is 5. The van der Waals surface area contributed by atoms with E-state index >= 15 is 0 Å². The van der Waals surface area contributed by atoms with Crippen LogP contribution in [0.2, 0.25) is 0 Å². The first-order valence-electron chi connectivity index (χ1n) is 8.94. The normalized spacial score (nSPS) is 10.8. The molecule has 2 aromatic carbocycles. The highest BCUT2D eigenvalue weighted by atomic mass is 19.4. The van der Waals surface area contributed by atoms with Crippen LogP contribution in [-0.2, 0) is 9.53 Å². The van der Waals surface area contributed by atoms with Crippen LogP contribution >= 0.6 is 0 Å². The van der Waals surface area contributed by atoms with Gasteiger partial charge in [0.15, 0.2) is 0 Å². The lowest BCUT2D eigenvalue weighted by atomic mass is 10.1. The minimum atomic E-state index is -4.49. The molecule has 0 radical (unpaired) electrons. The Morgan fingerprint density at radius 1 is 1.00 bits per heavy atom. The van der Waals surface area contributed by atoms with Crippen molar-refractivity contribution in [3.8, 4) is 0 Å². The maximum absolute atomic E-state index is 12.2. The minimum Gasteiger partial charge on any atom is -0.462 e. The Hall–Kier alpha value is -3.56. The van der Waals surface area contributed by atoms with E-state index in [1.165, 1.54) is 30.3 Å². The van der Waals surface area contributed by atoms with E-state index in [1.54, 1.807) is 30.4 Å². The van der Waals surface area contributed by atoms with Crippen LogP contribution in [0.5, 0.6) is 0 Å². The molecule has 0 heterocycles. The number of esters is 1. The molecule has 7 nitrogen and oxygen atoms in total. The Bertz CT molecular complexity index is 899. The number of alkyl halides is 3. The smallest absolute Gasteiger partial charge is 0.405 e. The maximum Gasteiger partial charge on any atom is 0.405 e. The summed E-state index contributed by atoms with van der Waals surface area (Å²) in [7, 11) is 0. The summed E-state index contributed by atoms with van der Waals surface area (Å²) in [4.78, 5) is 35.8. The fourth-order valence-corrected chi connectivity index (χ4v) is 2.38. The molecule has 3 N–H and O–H groups in total. The van der Waals surface area contributed by atoms with Crippen LogP contribution in [0.3, 0.4) is 0 Å². The quantitative estimate of drug-likeness (QED) is 0.567. The van der Waals surface area contributed by atoms with Crippen molar-refractivity contribution in [2.75, 3.05) is 30.3 Å². The first-order valence-corrected chi connectivity index (χ1v) is 8.94. The van der Waals surface area contributed by atoms with E-state index in [0.717, 1.165) is 0 Å². The van der Waals surface area contributed by atoms with Crippen LogP contribution in [-0.4, -0.2) is 43.7 Å². The molecule has 0 bridgehead atoms. The molecule has 0 aliphatic rings. The van der Waals surface area contributed by atoms with Crippen LogP contribution in [0.25, 0.3) is 0 Å². The highest BCUT2D eigenvalue weighted by Crippen LogP contribution is 2.17. The number of rotatable bonds is 8. The number of carbonyl (C=O) groups is 3. The largest absolute Gasteiger partial charge is 0.462 e. The molecule has 2 rings (SSSR count). The predicted molar refractivity (Wildman–Crippen MR) is 104 cm³/mol. The Kier molecular flexibility index (Phi) is 7.79. The summed E-state index contributed by atoms with van der Waals surface area (Å²) in [5, 5.41) is 7.20. The molecule has 0 spiro atoms. The van der Waals surface area contributed by atoms with Crippen molar-refractivity contribution in [1.82, 2.24) is 5.32 Å². The van der Waals surface area contributed by atoms with Gasteiger partial charge >= 0.3 is 12.1 Å².